The molecule has 0 spiro atoms. The Morgan fingerprint density at radius 1 is 0.956 bits per heavy atom. The molecule has 0 saturated carbocycles. The van der Waals surface area contributed by atoms with Crippen molar-refractivity contribution in [3.05, 3.63) is 53.6 Å². The predicted octanol–water partition coefficient (Wildman–Crippen LogP) is -2.18. The van der Waals surface area contributed by atoms with Crippen molar-refractivity contribution in [2.75, 3.05) is 26.2 Å². The molecule has 246 valence electrons. The SMILES string of the molecule is NCCC[C@H](N)CNC(=O)[C@H](CN)NC(=O)C1Cc2cccc(c2)-c2ccc(O)c(c2)C[C@H](N)C(=O)N[C@@H](CCCN)C(=O)N1. The third kappa shape index (κ3) is 10.5. The normalized spacial score (nSPS) is 20.1. The number of fused-ring (bicyclic) bond motifs is 5. The van der Waals surface area contributed by atoms with Gasteiger partial charge in [0.2, 0.25) is 23.6 Å². The summed E-state index contributed by atoms with van der Waals surface area (Å²) in [6.07, 6.45) is 2.05. The van der Waals surface area contributed by atoms with Crippen molar-refractivity contribution in [3.63, 3.8) is 0 Å². The molecule has 3 rings (SSSR count). The van der Waals surface area contributed by atoms with Crippen LogP contribution >= 0.6 is 0 Å². The van der Waals surface area contributed by atoms with E-state index in [9.17, 15) is 24.3 Å². The van der Waals surface area contributed by atoms with E-state index >= 15 is 0 Å². The summed E-state index contributed by atoms with van der Waals surface area (Å²) in [7, 11) is 0. The second-order valence-corrected chi connectivity index (χ2v) is 11.3. The fourth-order valence-electron chi connectivity index (χ4n) is 5.06. The first-order valence-electron chi connectivity index (χ1n) is 15.3. The zero-order valence-corrected chi connectivity index (χ0v) is 25.5. The number of hydrogen-bond acceptors (Lipinski definition) is 10. The van der Waals surface area contributed by atoms with Crippen molar-refractivity contribution < 1.29 is 24.3 Å². The number of phenolic OH excluding ortho intramolecular Hbond substituents is 1. The Labute approximate surface area is 263 Å². The first-order valence-corrected chi connectivity index (χ1v) is 15.3. The van der Waals surface area contributed by atoms with Gasteiger partial charge < -0.3 is 55.0 Å². The first kappa shape index (κ1) is 35.4. The van der Waals surface area contributed by atoms with Crippen molar-refractivity contribution >= 4 is 23.6 Å². The molecule has 1 unspecified atom stereocenters. The summed E-state index contributed by atoms with van der Waals surface area (Å²) >= 11 is 0. The van der Waals surface area contributed by atoms with Gasteiger partial charge in [-0.05, 0) is 73.2 Å². The van der Waals surface area contributed by atoms with E-state index in [1.807, 2.05) is 24.3 Å². The number of phenols is 1. The quantitative estimate of drug-likeness (QED) is 0.122. The molecule has 0 radical (unpaired) electrons. The number of hydrogen-bond donors (Lipinski definition) is 10. The molecule has 0 aromatic heterocycles. The number of nitrogens with one attached hydrogen (secondary N) is 4. The third-order valence-corrected chi connectivity index (χ3v) is 7.71. The van der Waals surface area contributed by atoms with Gasteiger partial charge in [0.25, 0.3) is 0 Å². The van der Waals surface area contributed by atoms with Crippen LogP contribution in [0.5, 0.6) is 5.75 Å². The van der Waals surface area contributed by atoms with Gasteiger partial charge in [0.15, 0.2) is 0 Å². The number of amides is 4. The smallest absolute Gasteiger partial charge is 0.243 e. The van der Waals surface area contributed by atoms with Crippen LogP contribution in [0, 0.1) is 0 Å². The van der Waals surface area contributed by atoms with E-state index in [2.05, 4.69) is 21.3 Å². The lowest BCUT2D eigenvalue weighted by atomic mass is 9.96. The van der Waals surface area contributed by atoms with Crippen molar-refractivity contribution in [1.29, 1.82) is 0 Å². The highest BCUT2D eigenvalue weighted by Crippen LogP contribution is 2.28. The van der Waals surface area contributed by atoms with E-state index in [-0.39, 0.29) is 50.7 Å². The minimum Gasteiger partial charge on any atom is -0.508 e. The highest BCUT2D eigenvalue weighted by molar-refractivity contribution is 5.95. The lowest BCUT2D eigenvalue weighted by molar-refractivity contribution is -0.134. The topological polar surface area (TPSA) is 267 Å². The van der Waals surface area contributed by atoms with Crippen LogP contribution in [0.4, 0.5) is 0 Å². The predicted molar refractivity (Wildman–Crippen MR) is 171 cm³/mol. The van der Waals surface area contributed by atoms with E-state index in [0.717, 1.165) is 16.7 Å². The summed E-state index contributed by atoms with van der Waals surface area (Å²) in [4.78, 5) is 53.2. The first-order chi connectivity index (χ1) is 21.6. The zero-order valence-electron chi connectivity index (χ0n) is 25.5. The summed E-state index contributed by atoms with van der Waals surface area (Å²) in [5, 5.41) is 21.3. The molecule has 15 N–H and O–H groups in total. The number of nitrogens with two attached hydrogens (primary N) is 5. The molecule has 4 amide bonds. The molecule has 1 aliphatic heterocycles. The molecule has 5 atom stereocenters. The number of carbonyl (C=O) groups excluding carboxylic acids is 4. The summed E-state index contributed by atoms with van der Waals surface area (Å²) in [6.45, 7) is 0.745. The van der Waals surface area contributed by atoms with Crippen LogP contribution in [-0.4, -0.2) is 85.1 Å². The Morgan fingerprint density at radius 2 is 1.69 bits per heavy atom. The molecule has 0 saturated heterocycles. The van der Waals surface area contributed by atoms with Crippen LogP contribution in [0.1, 0.15) is 36.8 Å². The lowest BCUT2D eigenvalue weighted by Crippen LogP contribution is -2.59. The van der Waals surface area contributed by atoms with Crippen molar-refractivity contribution in [1.82, 2.24) is 21.3 Å². The highest BCUT2D eigenvalue weighted by Gasteiger charge is 2.31. The monoisotopic (exact) mass is 625 g/mol. The molecule has 0 fully saturated rings. The molecule has 1 heterocycles. The average Bonchev–Trinajstić information content (AvgIpc) is 3.03. The number of benzene rings is 2. The van der Waals surface area contributed by atoms with Crippen LogP contribution in [-0.2, 0) is 32.0 Å². The Balaban J connectivity index is 1.92. The molecule has 14 heteroatoms. The van der Waals surface area contributed by atoms with Crippen molar-refractivity contribution in [2.45, 2.75) is 68.7 Å². The second-order valence-electron chi connectivity index (χ2n) is 11.3. The summed E-state index contributed by atoms with van der Waals surface area (Å²) < 4.78 is 0. The fraction of sp³-hybridized carbons (Fsp3) is 0.484. The van der Waals surface area contributed by atoms with Gasteiger partial charge in [0.05, 0.1) is 6.04 Å². The third-order valence-electron chi connectivity index (χ3n) is 7.71. The maximum atomic E-state index is 13.6. The Morgan fingerprint density at radius 3 is 2.40 bits per heavy atom. The number of carbonyl (C=O) groups is 4. The van der Waals surface area contributed by atoms with E-state index in [0.29, 0.717) is 31.4 Å². The van der Waals surface area contributed by atoms with Gasteiger partial charge in [-0.25, -0.2) is 0 Å². The number of rotatable bonds is 12. The van der Waals surface area contributed by atoms with Gasteiger partial charge in [-0.1, -0.05) is 30.3 Å². The Hall–Kier alpha value is -4.08. The van der Waals surface area contributed by atoms with E-state index in [4.69, 9.17) is 28.7 Å². The van der Waals surface area contributed by atoms with Gasteiger partial charge >= 0.3 is 0 Å². The van der Waals surface area contributed by atoms with Crippen LogP contribution in [0.2, 0.25) is 0 Å². The molecule has 2 aromatic carbocycles. The van der Waals surface area contributed by atoms with Crippen LogP contribution in [0.25, 0.3) is 11.1 Å². The highest BCUT2D eigenvalue weighted by atomic mass is 16.3. The van der Waals surface area contributed by atoms with Gasteiger partial charge in [-0.3, -0.25) is 19.2 Å². The lowest BCUT2D eigenvalue weighted by Gasteiger charge is -2.26. The molecule has 1 aliphatic rings. The van der Waals surface area contributed by atoms with Crippen LogP contribution in [0.15, 0.2) is 42.5 Å². The average molecular weight is 626 g/mol. The minimum absolute atomic E-state index is 0.00679. The van der Waals surface area contributed by atoms with Gasteiger partial charge in [-0.2, -0.15) is 0 Å². The molecule has 2 aromatic rings. The van der Waals surface area contributed by atoms with Crippen molar-refractivity contribution in [2.24, 2.45) is 28.7 Å². The summed E-state index contributed by atoms with van der Waals surface area (Å²) in [6, 6.07) is 7.77. The van der Waals surface area contributed by atoms with Crippen LogP contribution in [0.3, 0.4) is 0 Å². The fourth-order valence-corrected chi connectivity index (χ4v) is 5.06. The maximum Gasteiger partial charge on any atom is 0.243 e. The standard InChI is InChI=1S/C31H47N9O5/c32-10-2-6-22(35)17-37-29(43)26(16-34)40-31(45)25-13-18-4-1-5-19(12-18)20-8-9-27(41)21(14-20)15-23(36)28(42)38-24(7-3-11-33)30(44)39-25/h1,4-5,8-9,12,14,22-26,41H,2-3,6-7,10-11,13,15-17,32-36H2,(H,37,43)(H,38,42)(H,39,44)(H,40,45)/t22-,23-,24-,25?,26-/m0/s1. The minimum atomic E-state index is -1.13. The molecule has 4 bridgehead atoms. The Bertz CT molecular complexity index is 1320. The van der Waals surface area contributed by atoms with E-state index in [1.54, 1.807) is 12.1 Å². The largest absolute Gasteiger partial charge is 0.508 e. The molecule has 45 heavy (non-hydrogen) atoms. The molecular weight excluding hydrogens is 578 g/mol. The zero-order chi connectivity index (χ0) is 32.9. The Kier molecular flexibility index (Phi) is 13.7. The van der Waals surface area contributed by atoms with E-state index in [1.165, 1.54) is 6.07 Å². The van der Waals surface area contributed by atoms with Gasteiger partial charge in [0.1, 0.15) is 23.9 Å². The summed E-state index contributed by atoms with van der Waals surface area (Å²) in [5.74, 6) is -2.36. The van der Waals surface area contributed by atoms with E-state index < -0.39 is 47.8 Å². The molecular formula is C31H47N9O5. The summed E-state index contributed by atoms with van der Waals surface area (Å²) in [5.41, 5.74) is 32.0. The second kappa shape index (κ2) is 17.4. The number of aromatic hydroxyl groups is 1. The van der Waals surface area contributed by atoms with Gasteiger partial charge in [0, 0.05) is 32.0 Å². The van der Waals surface area contributed by atoms with Crippen LogP contribution < -0.4 is 49.9 Å². The molecule has 0 aliphatic carbocycles. The molecule has 14 nitrogen and oxygen atoms in total. The van der Waals surface area contributed by atoms with Gasteiger partial charge in [-0.15, -0.1) is 0 Å². The maximum absolute atomic E-state index is 13.6. The van der Waals surface area contributed by atoms with Crippen molar-refractivity contribution in [3.8, 4) is 16.9 Å².